The van der Waals surface area contributed by atoms with Crippen LogP contribution in [0.2, 0.25) is 10.0 Å². The first-order valence-electron chi connectivity index (χ1n) is 14.7. The second-order valence-electron chi connectivity index (χ2n) is 10.9. The van der Waals surface area contributed by atoms with Gasteiger partial charge < -0.3 is 10.2 Å². The lowest BCUT2D eigenvalue weighted by Crippen LogP contribution is -2.54. The molecule has 1 N–H and O–H groups in total. The van der Waals surface area contributed by atoms with E-state index in [2.05, 4.69) is 5.32 Å². The molecule has 0 spiro atoms. The lowest BCUT2D eigenvalue weighted by atomic mass is 10.0. The van der Waals surface area contributed by atoms with Crippen molar-refractivity contribution in [2.75, 3.05) is 10.8 Å². The molecule has 7 nitrogen and oxygen atoms in total. The summed E-state index contributed by atoms with van der Waals surface area (Å²) in [5.41, 5.74) is 2.57. The van der Waals surface area contributed by atoms with Crippen LogP contribution in [0.5, 0.6) is 0 Å². The first-order valence-corrected chi connectivity index (χ1v) is 16.9. The molecule has 0 radical (unpaired) electrons. The summed E-state index contributed by atoms with van der Waals surface area (Å²) in [6, 6.07) is 28.1. The molecule has 0 saturated heterocycles. The van der Waals surface area contributed by atoms with Crippen molar-refractivity contribution in [2.45, 2.75) is 57.1 Å². The van der Waals surface area contributed by atoms with Gasteiger partial charge in [0.05, 0.1) is 10.6 Å². The molecule has 0 fully saturated rings. The zero-order valence-electron chi connectivity index (χ0n) is 25.5. The van der Waals surface area contributed by atoms with Gasteiger partial charge in [-0.25, -0.2) is 8.42 Å². The zero-order chi connectivity index (χ0) is 32.6. The van der Waals surface area contributed by atoms with Crippen LogP contribution in [0.1, 0.15) is 37.0 Å². The van der Waals surface area contributed by atoms with Gasteiger partial charge in [-0.3, -0.25) is 13.9 Å². The van der Waals surface area contributed by atoms with Crippen LogP contribution in [0.15, 0.2) is 108 Å². The predicted octanol–water partition coefficient (Wildman–Crippen LogP) is 7.05. The summed E-state index contributed by atoms with van der Waals surface area (Å²) in [6.07, 6.45) is 0.896. The second-order valence-corrected chi connectivity index (χ2v) is 13.7. The van der Waals surface area contributed by atoms with Crippen LogP contribution in [-0.2, 0) is 32.6 Å². The molecular formula is C35H37Cl2N3O4S. The minimum Gasteiger partial charge on any atom is -0.352 e. The van der Waals surface area contributed by atoms with Crippen molar-refractivity contribution >= 4 is 50.7 Å². The van der Waals surface area contributed by atoms with E-state index in [-0.39, 0.29) is 29.8 Å². The number of aryl methyl sites for hydroxylation is 1. The number of hydrogen-bond donors (Lipinski definition) is 1. The van der Waals surface area contributed by atoms with Crippen molar-refractivity contribution in [3.8, 4) is 0 Å². The van der Waals surface area contributed by atoms with E-state index in [9.17, 15) is 18.0 Å². The van der Waals surface area contributed by atoms with E-state index in [1.807, 2.05) is 57.2 Å². The maximum atomic E-state index is 14.5. The monoisotopic (exact) mass is 665 g/mol. The summed E-state index contributed by atoms with van der Waals surface area (Å²) in [4.78, 5) is 29.9. The highest BCUT2D eigenvalue weighted by molar-refractivity contribution is 7.92. The summed E-state index contributed by atoms with van der Waals surface area (Å²) >= 11 is 12.7. The standard InChI is InChI=1S/C35H37Cl2N3O4S/c1-4-26(3)38-35(42)33(21-27-13-7-5-8-14-27)39(23-28-18-19-29(36)22-32(28)37)34(41)24-40(30-15-11-12-25(2)20-30)45(43,44)31-16-9-6-10-17-31/h5-20,22,26,33H,4,21,23-24H2,1-3H3,(H,38,42)/t26-,33-/m0/s1. The molecule has 10 heteroatoms. The SMILES string of the molecule is CC[C@H](C)NC(=O)[C@H](Cc1ccccc1)N(Cc1ccc(Cl)cc1Cl)C(=O)CN(c1cccc(C)c1)S(=O)(=O)c1ccccc1. The number of benzene rings is 4. The Morgan fingerprint density at radius 1 is 0.867 bits per heavy atom. The Morgan fingerprint density at radius 2 is 1.53 bits per heavy atom. The van der Waals surface area contributed by atoms with Crippen molar-refractivity contribution < 1.29 is 18.0 Å². The number of nitrogens with one attached hydrogen (secondary N) is 1. The van der Waals surface area contributed by atoms with Crippen LogP contribution in [0.3, 0.4) is 0 Å². The molecule has 2 atom stereocenters. The number of hydrogen-bond acceptors (Lipinski definition) is 4. The molecule has 2 amide bonds. The van der Waals surface area contributed by atoms with E-state index in [4.69, 9.17) is 23.2 Å². The average Bonchev–Trinajstić information content (AvgIpc) is 3.03. The molecule has 45 heavy (non-hydrogen) atoms. The number of halogens is 2. The Kier molecular flexibility index (Phi) is 11.7. The van der Waals surface area contributed by atoms with Crippen LogP contribution >= 0.6 is 23.2 Å². The number of amides is 2. The second kappa shape index (κ2) is 15.4. The maximum absolute atomic E-state index is 14.5. The highest BCUT2D eigenvalue weighted by Crippen LogP contribution is 2.27. The van der Waals surface area contributed by atoms with E-state index in [0.717, 1.165) is 15.4 Å². The molecule has 4 rings (SSSR count). The molecule has 4 aromatic rings. The molecular weight excluding hydrogens is 629 g/mol. The average molecular weight is 667 g/mol. The lowest BCUT2D eigenvalue weighted by molar-refractivity contribution is -0.140. The van der Waals surface area contributed by atoms with Gasteiger partial charge in [0.2, 0.25) is 11.8 Å². The van der Waals surface area contributed by atoms with Gasteiger partial charge in [0.15, 0.2) is 0 Å². The van der Waals surface area contributed by atoms with Crippen LogP contribution < -0.4 is 9.62 Å². The highest BCUT2D eigenvalue weighted by Gasteiger charge is 2.35. The maximum Gasteiger partial charge on any atom is 0.264 e. The third kappa shape index (κ3) is 8.87. The van der Waals surface area contributed by atoms with E-state index < -0.39 is 28.5 Å². The lowest BCUT2D eigenvalue weighted by Gasteiger charge is -2.34. The third-order valence-corrected chi connectivity index (χ3v) is 9.90. The fourth-order valence-electron chi connectivity index (χ4n) is 4.86. The molecule has 0 unspecified atom stereocenters. The minimum atomic E-state index is -4.17. The Hall–Kier alpha value is -3.85. The zero-order valence-corrected chi connectivity index (χ0v) is 27.8. The normalized spacial score (nSPS) is 12.6. The first kappa shape index (κ1) is 34.0. The molecule has 236 valence electrons. The summed E-state index contributed by atoms with van der Waals surface area (Å²) < 4.78 is 29.2. The number of carbonyl (C=O) groups excluding carboxylic acids is 2. The van der Waals surface area contributed by atoms with Crippen molar-refractivity contribution in [1.82, 2.24) is 10.2 Å². The van der Waals surface area contributed by atoms with E-state index >= 15 is 0 Å². The molecule has 0 aliphatic heterocycles. The number of carbonyl (C=O) groups is 2. The topological polar surface area (TPSA) is 86.8 Å². The van der Waals surface area contributed by atoms with Crippen molar-refractivity contribution in [1.29, 1.82) is 0 Å². The number of sulfonamides is 1. The van der Waals surface area contributed by atoms with Gasteiger partial charge >= 0.3 is 0 Å². The van der Waals surface area contributed by atoms with Crippen LogP contribution in [0.4, 0.5) is 5.69 Å². The Labute approximate surface area is 275 Å². The summed E-state index contributed by atoms with van der Waals surface area (Å²) in [7, 11) is -4.17. The van der Waals surface area contributed by atoms with E-state index in [1.54, 1.807) is 54.6 Å². The van der Waals surface area contributed by atoms with Crippen molar-refractivity contribution in [2.24, 2.45) is 0 Å². The Bertz CT molecular complexity index is 1720. The molecule has 0 aliphatic rings. The van der Waals surface area contributed by atoms with E-state index in [0.29, 0.717) is 27.7 Å². The third-order valence-electron chi connectivity index (χ3n) is 7.53. The molecule has 0 aliphatic carbocycles. The van der Waals surface area contributed by atoms with Gasteiger partial charge in [0, 0.05) is 29.1 Å². The van der Waals surface area contributed by atoms with Crippen molar-refractivity contribution in [3.05, 3.63) is 130 Å². The number of nitrogens with zero attached hydrogens (tertiary/aromatic N) is 2. The van der Waals surface area contributed by atoms with Gasteiger partial charge in [0.1, 0.15) is 12.6 Å². The summed E-state index contributed by atoms with van der Waals surface area (Å²) in [5.74, 6) is -0.915. The molecule has 4 aromatic carbocycles. The highest BCUT2D eigenvalue weighted by atomic mass is 35.5. The van der Waals surface area contributed by atoms with E-state index in [1.165, 1.54) is 17.0 Å². The quantitative estimate of drug-likeness (QED) is 0.166. The fraction of sp³-hybridized carbons (Fsp3) is 0.257. The summed E-state index contributed by atoms with van der Waals surface area (Å²) in [6.45, 7) is 5.11. The molecule has 0 aromatic heterocycles. The van der Waals surface area contributed by atoms with Gasteiger partial charge in [-0.05, 0) is 73.4 Å². The largest absolute Gasteiger partial charge is 0.352 e. The minimum absolute atomic E-state index is 0.0435. The predicted molar refractivity (Wildman–Crippen MR) is 181 cm³/mol. The van der Waals surface area contributed by atoms with Crippen LogP contribution in [0, 0.1) is 6.92 Å². The van der Waals surface area contributed by atoms with Gasteiger partial charge in [-0.1, -0.05) is 96.9 Å². The Balaban J connectivity index is 1.82. The number of rotatable bonds is 13. The molecule has 0 saturated carbocycles. The molecule has 0 heterocycles. The van der Waals surface area contributed by atoms with Gasteiger partial charge in [-0.15, -0.1) is 0 Å². The Morgan fingerprint density at radius 3 is 2.16 bits per heavy atom. The smallest absolute Gasteiger partial charge is 0.264 e. The summed E-state index contributed by atoms with van der Waals surface area (Å²) in [5, 5.41) is 3.78. The van der Waals surface area contributed by atoms with Crippen LogP contribution in [-0.4, -0.2) is 43.8 Å². The van der Waals surface area contributed by atoms with Gasteiger partial charge in [0.25, 0.3) is 10.0 Å². The fourth-order valence-corrected chi connectivity index (χ4v) is 6.76. The number of anilines is 1. The first-order chi connectivity index (χ1) is 21.5. The molecule has 0 bridgehead atoms. The van der Waals surface area contributed by atoms with Crippen molar-refractivity contribution in [3.63, 3.8) is 0 Å². The van der Waals surface area contributed by atoms with Crippen LogP contribution in [0.25, 0.3) is 0 Å². The van der Waals surface area contributed by atoms with Gasteiger partial charge in [-0.2, -0.15) is 0 Å².